The van der Waals surface area contributed by atoms with E-state index in [1.165, 1.54) is 0 Å². The van der Waals surface area contributed by atoms with E-state index >= 15 is 0 Å². The van der Waals surface area contributed by atoms with Crippen LogP contribution in [0.15, 0.2) is 0 Å². The van der Waals surface area contributed by atoms with Crippen LogP contribution in [0, 0.1) is 5.41 Å². The Morgan fingerprint density at radius 3 is 1.22 bits per heavy atom. The normalized spacial score (nSPS) is 45.5. The first-order chi connectivity index (χ1) is 19.3. The Kier molecular flexibility index (Phi) is 9.55. The van der Waals surface area contributed by atoms with Crippen LogP contribution in [-0.4, -0.2) is 84.5 Å². The maximum absolute atomic E-state index is 12.6. The number of rotatable bonds is 11. The van der Waals surface area contributed by atoms with Crippen molar-refractivity contribution in [3.63, 3.8) is 0 Å². The molecule has 22 heteroatoms. The van der Waals surface area contributed by atoms with Gasteiger partial charge < -0.3 is 54.1 Å². The van der Waals surface area contributed by atoms with Gasteiger partial charge in [0.15, 0.2) is 0 Å². The van der Waals surface area contributed by atoms with Crippen molar-refractivity contribution in [1.82, 2.24) is 0 Å². The average Bonchev–Trinajstić information content (AvgIpc) is 2.89. The second kappa shape index (κ2) is 11.8. The molecule has 0 spiro atoms. The summed E-state index contributed by atoms with van der Waals surface area (Å²) in [5, 5.41) is 0. The Labute approximate surface area is 252 Å². The van der Waals surface area contributed by atoms with E-state index < -0.39 is 77.3 Å². The molecule has 0 radical (unpaired) electrons. The summed E-state index contributed by atoms with van der Waals surface area (Å²) in [5.74, 6) is -0.254. The smallest absolute Gasteiger partial charge is 0.465 e. The molecule has 6 saturated heterocycles. The van der Waals surface area contributed by atoms with Crippen LogP contribution >= 0.6 is 0 Å². The lowest BCUT2D eigenvalue weighted by Crippen LogP contribution is -2.84. The largest absolute Gasteiger partial charge is 0.478 e. The van der Waals surface area contributed by atoms with Gasteiger partial charge in [-0.1, -0.05) is 41.5 Å². The van der Waals surface area contributed by atoms with Crippen molar-refractivity contribution in [2.75, 3.05) is 6.61 Å². The molecule has 4 atom stereocenters. The zero-order valence-corrected chi connectivity index (χ0v) is 33.5. The maximum Gasteiger partial charge on any atom is 0.478 e. The van der Waals surface area contributed by atoms with E-state index in [1.54, 1.807) is 0 Å². The Morgan fingerprint density at radius 2 is 0.902 bits per heavy atom. The van der Waals surface area contributed by atoms with E-state index in [4.69, 9.17) is 54.1 Å². The molecule has 0 aromatic rings. The van der Waals surface area contributed by atoms with E-state index in [0.29, 0.717) is 49.1 Å². The van der Waals surface area contributed by atoms with Crippen molar-refractivity contribution in [3.8, 4) is 0 Å². The summed E-state index contributed by atoms with van der Waals surface area (Å²) < 4.78 is 87.3. The molecule has 0 N–H and O–H groups in total. The van der Waals surface area contributed by atoms with E-state index in [2.05, 4.69) is 0 Å². The molecule has 6 rings (SSSR count). The highest BCUT2D eigenvalue weighted by molar-refractivity contribution is 6.99. The highest BCUT2D eigenvalue weighted by atomic mass is 28.6. The molecule has 0 aromatic heterocycles. The van der Waals surface area contributed by atoms with Gasteiger partial charge in [0.2, 0.25) is 0 Å². The number of carbonyl (C=O) groups is 1. The molecule has 0 aromatic carbocycles. The summed E-state index contributed by atoms with van der Waals surface area (Å²) in [5.41, 5.74) is -0.571. The number of hydrogen-bond acceptors (Lipinski definition) is 14. The third-order valence-electron chi connectivity index (χ3n) is 7.98. The first kappa shape index (κ1) is 33.1. The minimum Gasteiger partial charge on any atom is -0.465 e. The van der Waals surface area contributed by atoms with Gasteiger partial charge in [-0.3, -0.25) is 4.79 Å². The summed E-state index contributed by atoms with van der Waals surface area (Å²) in [6.07, 6.45) is 1.09. The van der Waals surface area contributed by atoms with Gasteiger partial charge in [-0.15, -0.1) is 0 Å². The molecule has 0 saturated carbocycles. The van der Waals surface area contributed by atoms with Gasteiger partial charge in [0.25, 0.3) is 0 Å². The predicted octanol–water partition coefficient (Wildman–Crippen LogP) is 2.79. The van der Waals surface area contributed by atoms with Crippen LogP contribution < -0.4 is 0 Å². The van der Waals surface area contributed by atoms with Crippen molar-refractivity contribution >= 4 is 77.9 Å². The van der Waals surface area contributed by atoms with Gasteiger partial charge >= 0.3 is 77.9 Å². The molecular weight excluding hydrogens is 677 g/mol. The summed E-state index contributed by atoms with van der Waals surface area (Å²) in [6.45, 7) is 15.6. The van der Waals surface area contributed by atoms with Gasteiger partial charge in [0, 0.05) is 36.3 Å². The first-order valence-corrected chi connectivity index (χ1v) is 29.2. The number of carbonyl (C=O) groups excluding carboxylic acids is 1. The molecule has 6 fully saturated rings. The highest BCUT2D eigenvalue weighted by Crippen LogP contribution is 2.48. The molecule has 4 unspecified atom stereocenters. The highest BCUT2D eigenvalue weighted by Gasteiger charge is 2.76. The van der Waals surface area contributed by atoms with E-state index in [-0.39, 0.29) is 12.6 Å². The molecule has 6 heterocycles. The Morgan fingerprint density at radius 1 is 0.585 bits per heavy atom. The minimum atomic E-state index is -3.73. The maximum atomic E-state index is 12.6. The second-order valence-electron chi connectivity index (χ2n) is 11.2. The predicted molar refractivity (Wildman–Crippen MR) is 159 cm³/mol. The molecule has 236 valence electrons. The van der Waals surface area contributed by atoms with Gasteiger partial charge in [-0.05, 0) is 26.7 Å². The molecule has 14 nitrogen and oxygen atoms in total. The van der Waals surface area contributed by atoms with Crippen LogP contribution in [-0.2, 0) is 58.9 Å². The van der Waals surface area contributed by atoms with Gasteiger partial charge in [-0.25, -0.2) is 0 Å². The van der Waals surface area contributed by atoms with Crippen LogP contribution in [0.5, 0.6) is 0 Å². The number of ether oxygens (including phenoxy) is 1. The first-order valence-electron chi connectivity index (χ1n) is 14.8. The number of esters is 1. The zero-order valence-electron chi connectivity index (χ0n) is 25.2. The topological polar surface area (TPSA) is 137 Å². The van der Waals surface area contributed by atoms with Crippen molar-refractivity contribution in [3.05, 3.63) is 0 Å². The van der Waals surface area contributed by atoms with E-state index in [0.717, 1.165) is 0 Å². The number of hydrogen-bond donors (Lipinski definition) is 0. The summed E-state index contributed by atoms with van der Waals surface area (Å²) in [4.78, 5) is 12.6. The molecule has 0 aliphatic carbocycles. The zero-order chi connectivity index (χ0) is 29.8. The molecular formula is C19H44O14Si8. The SMILES string of the molecule is CCC(C)(C)C(=O)OCCC[Si]12O[SiH]3O[Si]4(CC)O[Si]5(CC)O[SiH](O[Si](CC)(O4)O1)O[Si](CC)(O[Si](CC)(O3)O5)O2. The van der Waals surface area contributed by atoms with Crippen molar-refractivity contribution in [1.29, 1.82) is 0 Å². The van der Waals surface area contributed by atoms with Crippen LogP contribution in [0.1, 0.15) is 68.2 Å². The third-order valence-corrected chi connectivity index (χ3v) is 41.4. The van der Waals surface area contributed by atoms with Gasteiger partial charge in [0.1, 0.15) is 0 Å². The van der Waals surface area contributed by atoms with Crippen molar-refractivity contribution < 1.29 is 58.9 Å². The Balaban J connectivity index is 1.57. The quantitative estimate of drug-likeness (QED) is 0.176. The fourth-order valence-electron chi connectivity index (χ4n) is 4.95. The Bertz CT molecular complexity index is 953. The van der Waals surface area contributed by atoms with E-state index in [1.807, 2.05) is 55.4 Å². The molecule has 0 amide bonds. The van der Waals surface area contributed by atoms with Crippen LogP contribution in [0.2, 0.25) is 36.3 Å². The van der Waals surface area contributed by atoms with Gasteiger partial charge in [-0.2, -0.15) is 0 Å². The minimum absolute atomic E-state index is 0.171. The summed E-state index contributed by atoms with van der Waals surface area (Å²) in [6, 6.07) is 2.38. The van der Waals surface area contributed by atoms with E-state index in [9.17, 15) is 4.79 Å². The fourth-order valence-corrected chi connectivity index (χ4v) is 48.8. The van der Waals surface area contributed by atoms with Gasteiger partial charge in [0.05, 0.1) is 12.0 Å². The average molecular weight is 721 g/mol. The molecule has 8 bridgehead atoms. The van der Waals surface area contributed by atoms with Crippen molar-refractivity contribution in [2.24, 2.45) is 5.41 Å². The summed E-state index contributed by atoms with van der Waals surface area (Å²) >= 11 is 0. The van der Waals surface area contributed by atoms with Crippen molar-refractivity contribution in [2.45, 2.75) is 104 Å². The third kappa shape index (κ3) is 6.27. The lowest BCUT2D eigenvalue weighted by atomic mass is 9.91. The fraction of sp³-hybridized carbons (Fsp3) is 0.947. The van der Waals surface area contributed by atoms with Crippen LogP contribution in [0.25, 0.3) is 0 Å². The van der Waals surface area contributed by atoms with Crippen LogP contribution in [0.3, 0.4) is 0 Å². The standard InChI is InChI=1S/C19H44O14Si8/c1-9-19(7,8)18(20)21-16-15-17-41-27-35-25-37(11-3)28-36(10-2)22-34(23-39(13-5,30-37)32-41)24-40(14-6,33-41)31-38(12-4,26-35)29-36/h34-35H,9-17H2,1-8H3. The Hall–Kier alpha value is 0.725. The van der Waals surface area contributed by atoms with Crippen LogP contribution in [0.4, 0.5) is 0 Å². The molecule has 6 aliphatic rings. The monoisotopic (exact) mass is 720 g/mol. The molecule has 41 heavy (non-hydrogen) atoms. The lowest BCUT2D eigenvalue weighted by molar-refractivity contribution is -0.154. The second-order valence-corrected chi connectivity index (χ2v) is 35.2. The summed E-state index contributed by atoms with van der Waals surface area (Å²) in [7, 11) is -27.5. The molecule has 6 aliphatic heterocycles. The lowest BCUT2D eigenvalue weighted by Gasteiger charge is -2.59.